The standard InChI is InChI=1S/C19H15F3N6O3S/c20-19(21,22)14-3-4-24-18(26-14)32-11-15(29)27-5-7-28(8-6-27)17-12(10-23)25-16(31-17)13-2-1-9-30-13/h1-4,9H,5-8,11H2. The van der Waals surface area contributed by atoms with E-state index in [9.17, 15) is 23.2 Å². The summed E-state index contributed by atoms with van der Waals surface area (Å²) in [5.74, 6) is 0.561. The number of rotatable bonds is 5. The molecule has 1 aliphatic heterocycles. The Hall–Kier alpha value is -3.53. The first-order valence-corrected chi connectivity index (χ1v) is 10.3. The number of nitrogens with zero attached hydrogens (tertiary/aromatic N) is 6. The normalized spacial score (nSPS) is 14.4. The predicted molar refractivity (Wildman–Crippen MR) is 105 cm³/mol. The number of carbonyl (C=O) groups excluding carboxylic acids is 1. The van der Waals surface area contributed by atoms with E-state index in [0.717, 1.165) is 24.0 Å². The van der Waals surface area contributed by atoms with Gasteiger partial charge in [-0.1, -0.05) is 11.8 Å². The largest absolute Gasteiger partial charge is 0.459 e. The number of halogens is 3. The van der Waals surface area contributed by atoms with Gasteiger partial charge in [0.05, 0.1) is 12.0 Å². The molecule has 0 saturated carbocycles. The van der Waals surface area contributed by atoms with Gasteiger partial charge in [-0.05, 0) is 18.2 Å². The van der Waals surface area contributed by atoms with Crippen molar-refractivity contribution in [2.75, 3.05) is 36.8 Å². The molecule has 0 aliphatic carbocycles. The van der Waals surface area contributed by atoms with E-state index in [1.165, 1.54) is 6.26 Å². The number of amides is 1. The number of oxazole rings is 1. The lowest BCUT2D eigenvalue weighted by Crippen LogP contribution is -2.49. The number of thioether (sulfide) groups is 1. The molecule has 0 N–H and O–H groups in total. The molecule has 1 saturated heterocycles. The van der Waals surface area contributed by atoms with Crippen molar-refractivity contribution in [2.45, 2.75) is 11.3 Å². The maximum absolute atomic E-state index is 12.8. The number of anilines is 1. The average molecular weight is 464 g/mol. The highest BCUT2D eigenvalue weighted by atomic mass is 32.2. The fraction of sp³-hybridized carbons (Fsp3) is 0.316. The molecule has 4 heterocycles. The highest BCUT2D eigenvalue weighted by molar-refractivity contribution is 7.99. The summed E-state index contributed by atoms with van der Waals surface area (Å²) < 4.78 is 49.2. The minimum atomic E-state index is -4.57. The molecular weight excluding hydrogens is 449 g/mol. The highest BCUT2D eigenvalue weighted by Crippen LogP contribution is 2.30. The van der Waals surface area contributed by atoms with Crippen LogP contribution in [0.1, 0.15) is 11.4 Å². The Bertz CT molecular complexity index is 1130. The van der Waals surface area contributed by atoms with Gasteiger partial charge in [0.25, 0.3) is 5.89 Å². The van der Waals surface area contributed by atoms with E-state index in [1.807, 2.05) is 11.0 Å². The lowest BCUT2D eigenvalue weighted by Gasteiger charge is -2.34. The SMILES string of the molecule is N#Cc1nc(-c2ccco2)oc1N1CCN(C(=O)CSc2nccc(C(F)(F)F)n2)CC1. The number of hydrogen-bond donors (Lipinski definition) is 0. The maximum atomic E-state index is 12.8. The van der Waals surface area contributed by atoms with Crippen LogP contribution in [0.4, 0.5) is 19.1 Å². The number of nitriles is 1. The summed E-state index contributed by atoms with van der Waals surface area (Å²) in [6, 6.07) is 6.12. The summed E-state index contributed by atoms with van der Waals surface area (Å²) in [5.41, 5.74) is -0.932. The Morgan fingerprint density at radius 3 is 2.66 bits per heavy atom. The fourth-order valence-electron chi connectivity index (χ4n) is 3.05. The smallest absolute Gasteiger partial charge is 0.433 e. The average Bonchev–Trinajstić information content (AvgIpc) is 3.47. The van der Waals surface area contributed by atoms with E-state index < -0.39 is 11.9 Å². The quantitative estimate of drug-likeness (QED) is 0.415. The van der Waals surface area contributed by atoms with Crippen molar-refractivity contribution in [3.8, 4) is 17.7 Å². The van der Waals surface area contributed by atoms with Crippen LogP contribution in [0.3, 0.4) is 0 Å². The topological polar surface area (TPSA) is 112 Å². The molecule has 0 unspecified atom stereocenters. The van der Waals surface area contributed by atoms with Gasteiger partial charge in [-0.15, -0.1) is 0 Å². The van der Waals surface area contributed by atoms with Gasteiger partial charge in [-0.25, -0.2) is 9.97 Å². The van der Waals surface area contributed by atoms with Gasteiger partial charge in [-0.2, -0.15) is 23.4 Å². The summed E-state index contributed by atoms with van der Waals surface area (Å²) in [5, 5.41) is 9.26. The third-order valence-electron chi connectivity index (χ3n) is 4.62. The Kier molecular flexibility index (Phi) is 6.04. The van der Waals surface area contributed by atoms with E-state index in [-0.39, 0.29) is 28.4 Å². The second-order valence-corrected chi connectivity index (χ2v) is 7.58. The van der Waals surface area contributed by atoms with Gasteiger partial charge in [0.1, 0.15) is 11.8 Å². The first kappa shape index (κ1) is 21.7. The van der Waals surface area contributed by atoms with Crippen molar-refractivity contribution in [3.05, 3.63) is 42.0 Å². The van der Waals surface area contributed by atoms with Crippen LogP contribution >= 0.6 is 11.8 Å². The van der Waals surface area contributed by atoms with Gasteiger partial charge in [-0.3, -0.25) is 4.79 Å². The molecule has 1 aliphatic rings. The Balaban J connectivity index is 1.34. The predicted octanol–water partition coefficient (Wildman–Crippen LogP) is 3.06. The molecule has 13 heteroatoms. The second kappa shape index (κ2) is 8.91. The van der Waals surface area contributed by atoms with Crippen LogP contribution in [-0.4, -0.2) is 57.7 Å². The molecule has 1 amide bonds. The van der Waals surface area contributed by atoms with Crippen LogP contribution in [0.2, 0.25) is 0 Å². The number of carbonyl (C=O) groups is 1. The molecule has 0 bridgehead atoms. The van der Waals surface area contributed by atoms with E-state index >= 15 is 0 Å². The molecular formula is C19H15F3N6O3S. The molecule has 0 radical (unpaired) electrons. The molecule has 166 valence electrons. The molecule has 1 fully saturated rings. The monoisotopic (exact) mass is 464 g/mol. The lowest BCUT2D eigenvalue weighted by molar-refractivity contribution is -0.141. The van der Waals surface area contributed by atoms with Gasteiger partial charge in [0.2, 0.25) is 17.5 Å². The summed E-state index contributed by atoms with van der Waals surface area (Å²) in [6.45, 7) is 1.50. The number of alkyl halides is 3. The fourth-order valence-corrected chi connectivity index (χ4v) is 3.78. The second-order valence-electron chi connectivity index (χ2n) is 6.64. The molecule has 3 aromatic heterocycles. The molecule has 3 aromatic rings. The lowest BCUT2D eigenvalue weighted by atomic mass is 10.3. The summed E-state index contributed by atoms with van der Waals surface area (Å²) in [6.07, 6.45) is -2.08. The molecule has 0 spiro atoms. The minimum Gasteiger partial charge on any atom is -0.459 e. The van der Waals surface area contributed by atoms with Crippen LogP contribution in [0.15, 0.2) is 44.6 Å². The maximum Gasteiger partial charge on any atom is 0.433 e. The van der Waals surface area contributed by atoms with Crippen molar-refractivity contribution in [2.24, 2.45) is 0 Å². The van der Waals surface area contributed by atoms with Crippen molar-refractivity contribution in [1.82, 2.24) is 19.9 Å². The van der Waals surface area contributed by atoms with Crippen LogP contribution in [-0.2, 0) is 11.0 Å². The molecule has 9 nitrogen and oxygen atoms in total. The van der Waals surface area contributed by atoms with Crippen LogP contribution in [0, 0.1) is 11.3 Å². The van der Waals surface area contributed by atoms with Crippen molar-refractivity contribution >= 4 is 23.6 Å². The zero-order valence-electron chi connectivity index (χ0n) is 16.4. The van der Waals surface area contributed by atoms with Crippen molar-refractivity contribution < 1.29 is 26.8 Å². The first-order valence-electron chi connectivity index (χ1n) is 9.35. The number of furan rings is 1. The van der Waals surface area contributed by atoms with Gasteiger partial charge < -0.3 is 18.6 Å². The summed E-state index contributed by atoms with van der Waals surface area (Å²) in [7, 11) is 0. The number of piperazine rings is 1. The van der Waals surface area contributed by atoms with Crippen molar-refractivity contribution in [3.63, 3.8) is 0 Å². The zero-order chi connectivity index (χ0) is 22.7. The van der Waals surface area contributed by atoms with Crippen LogP contribution < -0.4 is 4.90 Å². The number of hydrogen-bond acceptors (Lipinski definition) is 9. The van der Waals surface area contributed by atoms with E-state index in [2.05, 4.69) is 15.0 Å². The number of aromatic nitrogens is 3. The minimum absolute atomic E-state index is 0.0876. The highest BCUT2D eigenvalue weighted by Gasteiger charge is 2.33. The molecule has 0 aromatic carbocycles. The van der Waals surface area contributed by atoms with Gasteiger partial charge in [0.15, 0.2) is 10.9 Å². The van der Waals surface area contributed by atoms with Gasteiger partial charge in [0, 0.05) is 32.4 Å². The van der Waals surface area contributed by atoms with E-state index in [1.54, 1.807) is 17.0 Å². The third kappa shape index (κ3) is 4.70. The molecule has 4 rings (SSSR count). The van der Waals surface area contributed by atoms with Crippen LogP contribution in [0.25, 0.3) is 11.7 Å². The van der Waals surface area contributed by atoms with E-state index in [0.29, 0.717) is 37.8 Å². The zero-order valence-corrected chi connectivity index (χ0v) is 17.2. The van der Waals surface area contributed by atoms with Crippen LogP contribution in [0.5, 0.6) is 0 Å². The van der Waals surface area contributed by atoms with Crippen molar-refractivity contribution in [1.29, 1.82) is 5.26 Å². The Morgan fingerprint density at radius 1 is 1.22 bits per heavy atom. The Labute approximate surface area is 183 Å². The first-order chi connectivity index (χ1) is 15.3. The Morgan fingerprint density at radius 2 is 2.00 bits per heavy atom. The summed E-state index contributed by atoms with van der Waals surface area (Å²) >= 11 is 0.848. The molecule has 0 atom stereocenters. The third-order valence-corrected chi connectivity index (χ3v) is 5.46. The van der Waals surface area contributed by atoms with Gasteiger partial charge >= 0.3 is 6.18 Å². The summed E-state index contributed by atoms with van der Waals surface area (Å²) in [4.78, 5) is 27.3. The van der Waals surface area contributed by atoms with E-state index in [4.69, 9.17) is 8.83 Å². The molecule has 32 heavy (non-hydrogen) atoms.